The molecule has 0 aliphatic carbocycles. The summed E-state index contributed by atoms with van der Waals surface area (Å²) in [6.45, 7) is 7.32. The molecule has 3 aromatic rings. The minimum Gasteiger partial charge on any atom is -1.00 e. The van der Waals surface area contributed by atoms with E-state index >= 15 is 0 Å². The number of aliphatic hydroxyl groups excluding tert-OH is 1. The number of hydrogen-bond acceptors (Lipinski definition) is 2. The van der Waals surface area contributed by atoms with Crippen LogP contribution in [0.4, 0.5) is 0 Å². The molecule has 4 heterocycles. The van der Waals surface area contributed by atoms with E-state index in [9.17, 15) is 5.11 Å². The molecule has 1 N–H and O–H groups in total. The lowest BCUT2D eigenvalue weighted by atomic mass is 9.71. The van der Waals surface area contributed by atoms with Crippen molar-refractivity contribution in [1.82, 2.24) is 4.98 Å². The van der Waals surface area contributed by atoms with Crippen molar-refractivity contribution < 1.29 is 22.0 Å². The number of halogens is 1. The van der Waals surface area contributed by atoms with Gasteiger partial charge >= 0.3 is 0 Å². The first kappa shape index (κ1) is 21.0. The second-order valence-corrected chi connectivity index (χ2v) is 8.88. The Kier molecular flexibility index (Phi) is 5.97. The number of pyridine rings is 1. The van der Waals surface area contributed by atoms with Crippen LogP contribution in [0.15, 0.2) is 79.5 Å². The summed E-state index contributed by atoms with van der Waals surface area (Å²) >= 11 is 0. The van der Waals surface area contributed by atoms with Gasteiger partial charge in [0.05, 0.1) is 18.6 Å². The summed E-state index contributed by atoms with van der Waals surface area (Å²) in [7, 11) is 0. The van der Waals surface area contributed by atoms with Crippen LogP contribution >= 0.6 is 0 Å². The van der Waals surface area contributed by atoms with Gasteiger partial charge in [-0.05, 0) is 23.6 Å². The van der Waals surface area contributed by atoms with Gasteiger partial charge in [0.1, 0.15) is 18.7 Å². The van der Waals surface area contributed by atoms with Gasteiger partial charge in [-0.1, -0.05) is 54.6 Å². The zero-order valence-electron chi connectivity index (χ0n) is 17.2. The van der Waals surface area contributed by atoms with E-state index in [-0.39, 0.29) is 18.4 Å². The summed E-state index contributed by atoms with van der Waals surface area (Å²) in [5.41, 5.74) is 3.33. The Bertz CT molecular complexity index is 1020. The van der Waals surface area contributed by atoms with Crippen molar-refractivity contribution in [3.8, 4) is 0 Å². The van der Waals surface area contributed by atoms with Gasteiger partial charge < -0.3 is 22.0 Å². The molecule has 4 heteroatoms. The molecule has 156 valence electrons. The van der Waals surface area contributed by atoms with Gasteiger partial charge in [-0.3, -0.25) is 4.98 Å². The van der Waals surface area contributed by atoms with Gasteiger partial charge in [0.2, 0.25) is 0 Å². The van der Waals surface area contributed by atoms with Crippen LogP contribution in [0.25, 0.3) is 10.9 Å². The second-order valence-electron chi connectivity index (χ2n) is 8.88. The highest BCUT2D eigenvalue weighted by atomic mass is 35.5. The minimum atomic E-state index is -0.486. The summed E-state index contributed by atoms with van der Waals surface area (Å²) in [5, 5.41) is 12.8. The summed E-state index contributed by atoms with van der Waals surface area (Å²) in [6.07, 6.45) is 5.79. The standard InChI is InChI=1S/C26H29N2O.ClH/c1-2-20-18-28(17-19-8-4-3-5-9-19)15-13-21(20)16-25(28)26(29)23-12-14-27-24-11-7-6-10-22(23)24;/h2-12,14,20-21,25-26,29H,1,13,15-18H2;1H/q+1;/p-1/t20-,21-,25?,26-,28?;/m0./s1. The van der Waals surface area contributed by atoms with Crippen LogP contribution in [0.3, 0.4) is 0 Å². The first-order valence-corrected chi connectivity index (χ1v) is 10.7. The van der Waals surface area contributed by atoms with Crippen LogP contribution in [-0.4, -0.2) is 33.7 Å². The van der Waals surface area contributed by atoms with E-state index in [1.807, 2.05) is 30.5 Å². The number of hydrogen-bond donors (Lipinski definition) is 1. The molecule has 0 saturated carbocycles. The van der Waals surface area contributed by atoms with Crippen molar-refractivity contribution in [1.29, 1.82) is 0 Å². The number of para-hydroxylation sites is 1. The molecule has 0 amide bonds. The van der Waals surface area contributed by atoms with Crippen LogP contribution in [-0.2, 0) is 6.54 Å². The number of aliphatic hydroxyl groups is 1. The molecule has 3 fully saturated rings. The maximum atomic E-state index is 11.7. The van der Waals surface area contributed by atoms with Gasteiger partial charge in [-0.15, -0.1) is 6.58 Å². The van der Waals surface area contributed by atoms with Crippen molar-refractivity contribution in [3.05, 3.63) is 90.6 Å². The molecule has 3 aliphatic heterocycles. The van der Waals surface area contributed by atoms with E-state index in [0.717, 1.165) is 47.0 Å². The molecule has 2 unspecified atom stereocenters. The Labute approximate surface area is 185 Å². The fourth-order valence-corrected chi connectivity index (χ4v) is 5.91. The van der Waals surface area contributed by atoms with Crippen LogP contribution < -0.4 is 12.4 Å². The van der Waals surface area contributed by atoms with Gasteiger partial charge in [0, 0.05) is 35.9 Å². The lowest BCUT2D eigenvalue weighted by Gasteiger charge is -2.58. The molecule has 30 heavy (non-hydrogen) atoms. The largest absolute Gasteiger partial charge is 1.00 e. The molecule has 6 rings (SSSR count). The third-order valence-corrected chi connectivity index (χ3v) is 7.38. The molecule has 3 nitrogen and oxygen atoms in total. The number of quaternary nitrogens is 1. The molecule has 3 aliphatic rings. The van der Waals surface area contributed by atoms with E-state index in [1.165, 1.54) is 12.0 Å². The van der Waals surface area contributed by atoms with E-state index < -0.39 is 6.10 Å². The Morgan fingerprint density at radius 3 is 2.67 bits per heavy atom. The van der Waals surface area contributed by atoms with Crippen LogP contribution in [0.2, 0.25) is 0 Å². The smallest absolute Gasteiger partial charge is 0.131 e. The number of piperidine rings is 3. The highest BCUT2D eigenvalue weighted by Crippen LogP contribution is 2.47. The third kappa shape index (κ3) is 3.56. The first-order chi connectivity index (χ1) is 14.2. The van der Waals surface area contributed by atoms with E-state index in [4.69, 9.17) is 0 Å². The Balaban J connectivity index is 0.00000218. The fraction of sp³-hybridized carbons (Fsp3) is 0.346. The molecule has 2 aromatic carbocycles. The lowest BCUT2D eigenvalue weighted by molar-refractivity contribution is -0.984. The van der Waals surface area contributed by atoms with Gasteiger partial charge in [-0.25, -0.2) is 0 Å². The molecule has 3 saturated heterocycles. The SMILES string of the molecule is C=C[C@H]1C[N+]2(Cc3ccccc3)CC[C@H]1CC2[C@@H](O)c1ccnc2ccccc12.[Cl-]. The van der Waals surface area contributed by atoms with Crippen LogP contribution in [0.5, 0.6) is 0 Å². The van der Waals surface area contributed by atoms with Crippen molar-refractivity contribution in [2.75, 3.05) is 13.1 Å². The summed E-state index contributed by atoms with van der Waals surface area (Å²) in [5.74, 6) is 1.18. The van der Waals surface area contributed by atoms with Crippen molar-refractivity contribution in [3.63, 3.8) is 0 Å². The zero-order valence-corrected chi connectivity index (χ0v) is 18.0. The molecule has 0 radical (unpaired) electrons. The normalized spacial score (nSPS) is 28.6. The summed E-state index contributed by atoms with van der Waals surface area (Å²) < 4.78 is 0.953. The number of nitrogens with zero attached hydrogens (tertiary/aromatic N) is 2. The van der Waals surface area contributed by atoms with Crippen molar-refractivity contribution in [2.24, 2.45) is 11.8 Å². The zero-order chi connectivity index (χ0) is 19.8. The molecular weight excluding hydrogens is 392 g/mol. The number of rotatable bonds is 5. The molecule has 2 bridgehead atoms. The molecule has 1 aromatic heterocycles. The molecule has 0 spiro atoms. The van der Waals surface area contributed by atoms with Crippen molar-refractivity contribution in [2.45, 2.75) is 31.5 Å². The first-order valence-electron chi connectivity index (χ1n) is 10.7. The predicted octanol–water partition coefficient (Wildman–Crippen LogP) is 1.88. The van der Waals surface area contributed by atoms with Crippen LogP contribution in [0.1, 0.15) is 30.1 Å². The van der Waals surface area contributed by atoms with Gasteiger partial charge in [0.15, 0.2) is 0 Å². The number of aromatic nitrogens is 1. The van der Waals surface area contributed by atoms with E-state index in [0.29, 0.717) is 11.8 Å². The highest BCUT2D eigenvalue weighted by Gasteiger charge is 2.53. The summed E-state index contributed by atoms with van der Waals surface area (Å²) in [4.78, 5) is 4.50. The van der Waals surface area contributed by atoms with Gasteiger partial charge in [0.25, 0.3) is 0 Å². The summed E-state index contributed by atoms with van der Waals surface area (Å²) in [6, 6.07) is 21.2. The second kappa shape index (κ2) is 8.50. The van der Waals surface area contributed by atoms with Crippen molar-refractivity contribution >= 4 is 10.9 Å². The lowest BCUT2D eigenvalue weighted by Crippen LogP contribution is -3.00. The Morgan fingerprint density at radius 2 is 1.87 bits per heavy atom. The maximum Gasteiger partial charge on any atom is 0.131 e. The Hall–Kier alpha value is -2.20. The highest BCUT2D eigenvalue weighted by molar-refractivity contribution is 5.82. The average molecular weight is 421 g/mol. The fourth-order valence-electron chi connectivity index (χ4n) is 5.91. The maximum absolute atomic E-state index is 11.7. The third-order valence-electron chi connectivity index (χ3n) is 7.38. The minimum absolute atomic E-state index is 0. The van der Waals surface area contributed by atoms with Gasteiger partial charge in [-0.2, -0.15) is 0 Å². The van der Waals surface area contributed by atoms with E-state index in [2.05, 4.69) is 54.0 Å². The topological polar surface area (TPSA) is 33.1 Å². The Morgan fingerprint density at radius 1 is 1.10 bits per heavy atom. The predicted molar refractivity (Wildman–Crippen MR) is 117 cm³/mol. The molecular formula is C26H29ClN2O. The quantitative estimate of drug-likeness (QED) is 0.505. The van der Waals surface area contributed by atoms with Crippen LogP contribution in [0, 0.1) is 11.8 Å². The number of fused-ring (bicyclic) bond motifs is 4. The van der Waals surface area contributed by atoms with E-state index in [1.54, 1.807) is 0 Å². The number of benzene rings is 2. The monoisotopic (exact) mass is 420 g/mol. The molecule has 5 atom stereocenters. The average Bonchev–Trinajstić information content (AvgIpc) is 2.78.